The minimum absolute atomic E-state index is 0.147. The average Bonchev–Trinajstić information content (AvgIpc) is 2.04. The van der Waals surface area contributed by atoms with E-state index in [9.17, 15) is 13.2 Å². The average molecular weight is 200 g/mol. The number of anilines is 1. The zero-order valence-electron chi connectivity index (χ0n) is 6.21. The summed E-state index contributed by atoms with van der Waals surface area (Å²) < 4.78 is 24.1. The third kappa shape index (κ3) is 1.11. The molecule has 1 aliphatic rings. The van der Waals surface area contributed by atoms with E-state index in [2.05, 4.69) is 9.97 Å². The molecule has 0 radical (unpaired) electrons. The predicted molar refractivity (Wildman–Crippen MR) is 42.0 cm³/mol. The Labute approximate surface area is 73.6 Å². The van der Waals surface area contributed by atoms with E-state index in [4.69, 9.17) is 0 Å². The maximum Gasteiger partial charge on any atom is 0.354 e. The summed E-state index contributed by atoms with van der Waals surface area (Å²) in [5.74, 6) is -0.147. The van der Waals surface area contributed by atoms with E-state index in [1.54, 1.807) is 4.72 Å². The summed E-state index contributed by atoms with van der Waals surface area (Å²) in [5.41, 5.74) is 0. The van der Waals surface area contributed by atoms with Crippen LogP contribution in [0.2, 0.25) is 0 Å². The Morgan fingerprint density at radius 1 is 1.31 bits per heavy atom. The highest BCUT2D eigenvalue weighted by molar-refractivity contribution is 7.94. The summed E-state index contributed by atoms with van der Waals surface area (Å²) in [7, 11) is -3.72. The van der Waals surface area contributed by atoms with Crippen LogP contribution < -0.4 is 9.03 Å². The number of hydrogen-bond acceptors (Lipinski definition) is 5. The Morgan fingerprint density at radius 2 is 1.92 bits per heavy atom. The number of nitrogens with zero attached hydrogens (tertiary/aromatic N) is 3. The molecule has 8 heteroatoms. The van der Waals surface area contributed by atoms with Crippen LogP contribution in [-0.2, 0) is 10.2 Å². The summed E-state index contributed by atoms with van der Waals surface area (Å²) in [6.07, 6.45) is 2.70. The molecule has 0 unspecified atom stereocenters. The van der Waals surface area contributed by atoms with Crippen LogP contribution in [0.1, 0.15) is 0 Å². The second-order valence-corrected chi connectivity index (χ2v) is 3.74. The first-order valence-corrected chi connectivity index (χ1v) is 4.69. The van der Waals surface area contributed by atoms with Crippen LogP contribution in [0.3, 0.4) is 0 Å². The highest BCUT2D eigenvalue weighted by Crippen LogP contribution is 2.16. The molecule has 7 nitrogen and oxygen atoms in total. The van der Waals surface area contributed by atoms with Crippen molar-refractivity contribution in [1.29, 1.82) is 0 Å². The van der Waals surface area contributed by atoms with Crippen LogP contribution in [0.4, 0.5) is 10.7 Å². The molecule has 1 N–H and O–H groups in total. The number of carbonyl (C=O) groups excluding carboxylic acids is 1. The van der Waals surface area contributed by atoms with Crippen LogP contribution >= 0.6 is 0 Å². The van der Waals surface area contributed by atoms with Crippen molar-refractivity contribution in [3.63, 3.8) is 0 Å². The maximum absolute atomic E-state index is 10.9. The van der Waals surface area contributed by atoms with Crippen molar-refractivity contribution in [2.24, 2.45) is 0 Å². The molecule has 0 aliphatic carbocycles. The maximum atomic E-state index is 10.9. The molecule has 0 aromatic carbocycles. The first kappa shape index (κ1) is 7.92. The lowest BCUT2D eigenvalue weighted by Crippen LogP contribution is -2.62. The predicted octanol–water partition coefficient (Wildman–Crippen LogP) is -0.749. The van der Waals surface area contributed by atoms with Crippen molar-refractivity contribution in [1.82, 2.24) is 14.7 Å². The Balaban J connectivity index is 2.43. The molecule has 0 atom stereocenters. The Bertz CT molecular complexity index is 442. The summed E-state index contributed by atoms with van der Waals surface area (Å²) in [6, 6.07) is 0.777. The summed E-state index contributed by atoms with van der Waals surface area (Å²) in [5, 5.41) is 0. The molecule has 0 saturated carbocycles. The Kier molecular flexibility index (Phi) is 1.46. The van der Waals surface area contributed by atoms with Gasteiger partial charge in [0.15, 0.2) is 0 Å². The molecule has 2 amide bonds. The zero-order chi connectivity index (χ0) is 9.47. The molecule has 0 bridgehead atoms. The van der Waals surface area contributed by atoms with Gasteiger partial charge >= 0.3 is 16.2 Å². The van der Waals surface area contributed by atoms with Crippen LogP contribution in [-0.4, -0.2) is 24.4 Å². The molecule has 1 fully saturated rings. The molecular weight excluding hydrogens is 196 g/mol. The zero-order valence-corrected chi connectivity index (χ0v) is 7.02. The molecule has 13 heavy (non-hydrogen) atoms. The number of nitrogens with one attached hydrogen (secondary N) is 1. The van der Waals surface area contributed by atoms with Gasteiger partial charge in [-0.3, -0.25) is 0 Å². The summed E-state index contributed by atoms with van der Waals surface area (Å²) in [4.78, 5) is 18.0. The van der Waals surface area contributed by atoms with Gasteiger partial charge in [-0.05, 0) is 6.07 Å². The first-order chi connectivity index (χ1) is 6.11. The van der Waals surface area contributed by atoms with Gasteiger partial charge in [-0.1, -0.05) is 0 Å². The molecule has 0 spiro atoms. The van der Waals surface area contributed by atoms with Crippen molar-refractivity contribution in [3.05, 3.63) is 18.5 Å². The molecule has 2 heterocycles. The molecule has 68 valence electrons. The van der Waals surface area contributed by atoms with Gasteiger partial charge in [0.25, 0.3) is 0 Å². The summed E-state index contributed by atoms with van der Waals surface area (Å²) >= 11 is 0. The van der Waals surface area contributed by atoms with Crippen molar-refractivity contribution in [2.75, 3.05) is 4.31 Å². The van der Waals surface area contributed by atoms with Gasteiger partial charge in [0.2, 0.25) is 5.95 Å². The van der Waals surface area contributed by atoms with Crippen LogP contribution in [0.25, 0.3) is 0 Å². The standard InChI is InChI=1S/C5H4N4O3S/c10-5-8-13(11,12)9(5)4-6-2-1-3-7-4/h1-3H,(H,8,10). The highest BCUT2D eigenvalue weighted by Gasteiger charge is 2.43. The number of amides is 2. The molecule has 1 saturated heterocycles. The SMILES string of the molecule is O=C1NS(=O)(=O)N1c1ncccn1. The van der Waals surface area contributed by atoms with Gasteiger partial charge < -0.3 is 0 Å². The van der Waals surface area contributed by atoms with Gasteiger partial charge in [-0.25, -0.2) is 19.5 Å². The number of aromatic nitrogens is 2. The second-order valence-electron chi connectivity index (χ2n) is 2.23. The van der Waals surface area contributed by atoms with E-state index < -0.39 is 16.2 Å². The largest absolute Gasteiger partial charge is 0.354 e. The summed E-state index contributed by atoms with van der Waals surface area (Å²) in [6.45, 7) is 0. The Hall–Kier alpha value is -1.70. The highest BCUT2D eigenvalue weighted by atomic mass is 32.2. The van der Waals surface area contributed by atoms with Crippen molar-refractivity contribution >= 4 is 22.2 Å². The fourth-order valence-electron chi connectivity index (χ4n) is 0.862. The van der Waals surface area contributed by atoms with Crippen LogP contribution in [0, 0.1) is 0 Å². The number of carbonyl (C=O) groups is 1. The molecular formula is C5H4N4O3S. The molecule has 2 rings (SSSR count). The Morgan fingerprint density at radius 3 is 2.38 bits per heavy atom. The number of urea groups is 1. The smallest absolute Gasteiger partial charge is 0.246 e. The van der Waals surface area contributed by atoms with Crippen LogP contribution in [0.5, 0.6) is 0 Å². The second kappa shape index (κ2) is 2.39. The lowest BCUT2D eigenvalue weighted by atomic mass is 10.7. The molecule has 1 aromatic heterocycles. The first-order valence-electron chi connectivity index (χ1n) is 3.25. The van der Waals surface area contributed by atoms with E-state index in [-0.39, 0.29) is 5.95 Å². The minimum atomic E-state index is -3.72. The van der Waals surface area contributed by atoms with Crippen molar-refractivity contribution in [2.45, 2.75) is 0 Å². The third-order valence-corrected chi connectivity index (χ3v) is 2.62. The lowest BCUT2D eigenvalue weighted by molar-refractivity contribution is 0.250. The molecule has 1 aliphatic heterocycles. The van der Waals surface area contributed by atoms with E-state index in [1.165, 1.54) is 18.5 Å². The van der Waals surface area contributed by atoms with Crippen molar-refractivity contribution in [3.8, 4) is 0 Å². The number of rotatable bonds is 1. The van der Waals surface area contributed by atoms with Gasteiger partial charge in [-0.15, -0.1) is 4.31 Å². The quantitative estimate of drug-likeness (QED) is 0.644. The lowest BCUT2D eigenvalue weighted by Gasteiger charge is -2.27. The minimum Gasteiger partial charge on any atom is -0.246 e. The fourth-order valence-corrected chi connectivity index (χ4v) is 1.71. The fraction of sp³-hybridized carbons (Fsp3) is 0. The van der Waals surface area contributed by atoms with Gasteiger partial charge in [0.1, 0.15) is 0 Å². The monoisotopic (exact) mass is 200 g/mol. The van der Waals surface area contributed by atoms with Gasteiger partial charge in [0, 0.05) is 12.4 Å². The molecule has 1 aromatic rings. The van der Waals surface area contributed by atoms with E-state index >= 15 is 0 Å². The number of hydrogen-bond donors (Lipinski definition) is 1. The van der Waals surface area contributed by atoms with E-state index in [1.807, 2.05) is 0 Å². The third-order valence-electron chi connectivity index (χ3n) is 1.37. The van der Waals surface area contributed by atoms with Gasteiger partial charge in [-0.2, -0.15) is 8.42 Å². The normalized spacial score (nSPS) is 19.1. The van der Waals surface area contributed by atoms with E-state index in [0.29, 0.717) is 4.31 Å². The van der Waals surface area contributed by atoms with E-state index in [0.717, 1.165) is 0 Å². The van der Waals surface area contributed by atoms with Crippen LogP contribution in [0.15, 0.2) is 18.5 Å². The topological polar surface area (TPSA) is 92.3 Å². The van der Waals surface area contributed by atoms with Gasteiger partial charge in [0.05, 0.1) is 0 Å². The van der Waals surface area contributed by atoms with Crippen molar-refractivity contribution < 1.29 is 13.2 Å².